The fourth-order valence-corrected chi connectivity index (χ4v) is 1.81. The Morgan fingerprint density at radius 1 is 1.39 bits per heavy atom. The Morgan fingerprint density at radius 3 is 2.56 bits per heavy atom. The topological polar surface area (TPSA) is 74.2 Å². The molecule has 2 unspecified atom stereocenters. The second kappa shape index (κ2) is 6.29. The molecule has 0 aromatic carbocycles. The smallest absolute Gasteiger partial charge is 0.229 e. The summed E-state index contributed by atoms with van der Waals surface area (Å²) in [6.45, 7) is 11.6. The lowest BCUT2D eigenvalue weighted by molar-refractivity contribution is -0.0203. The molecule has 1 aromatic rings. The minimum atomic E-state index is -0.148. The van der Waals surface area contributed by atoms with Gasteiger partial charge in [-0.05, 0) is 25.3 Å². The van der Waals surface area contributed by atoms with Crippen molar-refractivity contribution >= 4 is 0 Å². The van der Waals surface area contributed by atoms with Gasteiger partial charge in [-0.2, -0.15) is 4.98 Å². The van der Waals surface area contributed by atoms with Crippen LogP contribution in [0.4, 0.5) is 0 Å². The van der Waals surface area contributed by atoms with Gasteiger partial charge in [-0.25, -0.2) is 0 Å². The minimum absolute atomic E-state index is 0.0613. The molecular formula is C13H25N3O2. The van der Waals surface area contributed by atoms with E-state index in [2.05, 4.69) is 30.9 Å². The highest BCUT2D eigenvalue weighted by atomic mass is 16.5. The van der Waals surface area contributed by atoms with Gasteiger partial charge >= 0.3 is 0 Å². The Kier molecular flexibility index (Phi) is 5.28. The van der Waals surface area contributed by atoms with E-state index in [1.807, 2.05) is 13.8 Å². The molecule has 104 valence electrons. The highest BCUT2D eigenvalue weighted by Gasteiger charge is 2.31. The van der Waals surface area contributed by atoms with Crippen molar-refractivity contribution in [2.75, 3.05) is 13.2 Å². The second-order valence-corrected chi connectivity index (χ2v) is 5.67. The number of rotatable bonds is 6. The van der Waals surface area contributed by atoms with Crippen molar-refractivity contribution in [1.82, 2.24) is 10.1 Å². The molecule has 0 amide bonds. The number of ether oxygens (including phenoxy) is 1. The van der Waals surface area contributed by atoms with E-state index in [0.29, 0.717) is 24.9 Å². The maximum Gasteiger partial charge on any atom is 0.229 e. The molecule has 2 N–H and O–H groups in total. The fourth-order valence-electron chi connectivity index (χ4n) is 1.81. The number of hydrogen-bond donors (Lipinski definition) is 1. The van der Waals surface area contributed by atoms with Gasteiger partial charge in [-0.15, -0.1) is 0 Å². The SMILES string of the molecule is CCOC(c1noc(C(C)CCN)n1)C(C)(C)C. The van der Waals surface area contributed by atoms with Crippen LogP contribution in [0, 0.1) is 5.41 Å². The van der Waals surface area contributed by atoms with Crippen LogP contribution in [0.5, 0.6) is 0 Å². The lowest BCUT2D eigenvalue weighted by Gasteiger charge is -2.27. The number of nitrogens with two attached hydrogens (primary N) is 1. The summed E-state index contributed by atoms with van der Waals surface area (Å²) in [4.78, 5) is 4.46. The van der Waals surface area contributed by atoms with Crippen LogP contribution in [0.25, 0.3) is 0 Å². The van der Waals surface area contributed by atoms with Crippen molar-refractivity contribution in [1.29, 1.82) is 0 Å². The van der Waals surface area contributed by atoms with Gasteiger partial charge in [0.1, 0.15) is 6.10 Å². The average Bonchev–Trinajstić information content (AvgIpc) is 2.73. The van der Waals surface area contributed by atoms with Crippen LogP contribution in [0.1, 0.15) is 64.8 Å². The Morgan fingerprint density at radius 2 is 2.06 bits per heavy atom. The fraction of sp³-hybridized carbons (Fsp3) is 0.846. The molecule has 1 heterocycles. The molecule has 0 aliphatic heterocycles. The highest BCUT2D eigenvalue weighted by Crippen LogP contribution is 2.35. The summed E-state index contributed by atoms with van der Waals surface area (Å²) in [7, 11) is 0. The van der Waals surface area contributed by atoms with Gasteiger partial charge in [-0.1, -0.05) is 32.9 Å². The predicted octanol–water partition coefficient (Wildman–Crippen LogP) is 2.65. The number of hydrogen-bond acceptors (Lipinski definition) is 5. The second-order valence-electron chi connectivity index (χ2n) is 5.67. The van der Waals surface area contributed by atoms with E-state index < -0.39 is 0 Å². The summed E-state index contributed by atoms with van der Waals surface area (Å²) < 4.78 is 11.0. The Balaban J connectivity index is 2.87. The van der Waals surface area contributed by atoms with E-state index in [1.165, 1.54) is 0 Å². The Hall–Kier alpha value is -0.940. The van der Waals surface area contributed by atoms with E-state index in [4.69, 9.17) is 15.0 Å². The largest absolute Gasteiger partial charge is 0.370 e. The molecule has 0 saturated carbocycles. The molecule has 0 aliphatic rings. The predicted molar refractivity (Wildman–Crippen MR) is 70.2 cm³/mol. The van der Waals surface area contributed by atoms with Gasteiger partial charge in [0.15, 0.2) is 0 Å². The molecule has 18 heavy (non-hydrogen) atoms. The van der Waals surface area contributed by atoms with Crippen molar-refractivity contribution < 1.29 is 9.26 Å². The van der Waals surface area contributed by atoms with Crippen LogP contribution in [0.2, 0.25) is 0 Å². The van der Waals surface area contributed by atoms with Crippen molar-refractivity contribution in [2.24, 2.45) is 11.1 Å². The summed E-state index contributed by atoms with van der Waals surface area (Å²) in [6.07, 6.45) is 0.696. The molecule has 0 saturated heterocycles. The van der Waals surface area contributed by atoms with E-state index in [9.17, 15) is 0 Å². The van der Waals surface area contributed by atoms with E-state index in [-0.39, 0.29) is 17.4 Å². The molecule has 0 fully saturated rings. The first-order chi connectivity index (χ1) is 8.40. The first kappa shape index (κ1) is 15.1. The molecule has 0 bridgehead atoms. The number of aromatic nitrogens is 2. The maximum atomic E-state index is 5.74. The Labute approximate surface area is 109 Å². The third kappa shape index (κ3) is 3.78. The Bertz CT molecular complexity index is 357. The van der Waals surface area contributed by atoms with E-state index in [0.717, 1.165) is 6.42 Å². The molecule has 0 radical (unpaired) electrons. The summed E-state index contributed by atoms with van der Waals surface area (Å²) in [5, 5.41) is 4.05. The van der Waals surface area contributed by atoms with E-state index >= 15 is 0 Å². The molecule has 5 heteroatoms. The number of nitrogens with zero attached hydrogens (tertiary/aromatic N) is 2. The third-order valence-electron chi connectivity index (χ3n) is 2.83. The first-order valence-electron chi connectivity index (χ1n) is 6.55. The summed E-state index contributed by atoms with van der Waals surface area (Å²) >= 11 is 0. The van der Waals surface area contributed by atoms with Crippen molar-refractivity contribution in [3.8, 4) is 0 Å². The van der Waals surface area contributed by atoms with Gasteiger partial charge in [0.2, 0.25) is 11.7 Å². The summed E-state index contributed by atoms with van der Waals surface area (Å²) in [6, 6.07) is 0. The average molecular weight is 255 g/mol. The van der Waals surface area contributed by atoms with Crippen LogP contribution in [-0.2, 0) is 4.74 Å². The van der Waals surface area contributed by atoms with Gasteiger partial charge < -0.3 is 15.0 Å². The van der Waals surface area contributed by atoms with Crippen LogP contribution < -0.4 is 5.73 Å². The molecule has 1 rings (SSSR count). The van der Waals surface area contributed by atoms with Crippen molar-refractivity contribution in [3.05, 3.63) is 11.7 Å². The van der Waals surface area contributed by atoms with Gasteiger partial charge in [0.25, 0.3) is 0 Å². The van der Waals surface area contributed by atoms with Gasteiger partial charge in [0, 0.05) is 12.5 Å². The zero-order valence-electron chi connectivity index (χ0n) is 12.1. The van der Waals surface area contributed by atoms with Gasteiger partial charge in [0.05, 0.1) is 0 Å². The zero-order valence-corrected chi connectivity index (χ0v) is 12.1. The quantitative estimate of drug-likeness (QED) is 0.845. The van der Waals surface area contributed by atoms with Crippen LogP contribution in [0.15, 0.2) is 4.52 Å². The van der Waals surface area contributed by atoms with Crippen LogP contribution in [0.3, 0.4) is 0 Å². The standard InChI is InChI=1S/C13H25N3O2/c1-6-17-10(13(3,4)5)11-15-12(18-16-11)9(2)7-8-14/h9-10H,6-8,14H2,1-5H3. The van der Waals surface area contributed by atoms with E-state index in [1.54, 1.807) is 0 Å². The third-order valence-corrected chi connectivity index (χ3v) is 2.83. The molecular weight excluding hydrogens is 230 g/mol. The normalized spacial score (nSPS) is 15.7. The minimum Gasteiger partial charge on any atom is -0.370 e. The molecule has 0 spiro atoms. The van der Waals surface area contributed by atoms with Gasteiger partial charge in [-0.3, -0.25) is 0 Å². The molecule has 0 aliphatic carbocycles. The first-order valence-corrected chi connectivity index (χ1v) is 6.55. The lowest BCUT2D eigenvalue weighted by atomic mass is 9.88. The van der Waals surface area contributed by atoms with Crippen molar-refractivity contribution in [3.63, 3.8) is 0 Å². The van der Waals surface area contributed by atoms with Crippen molar-refractivity contribution in [2.45, 2.75) is 53.1 Å². The zero-order chi connectivity index (χ0) is 13.8. The maximum absolute atomic E-state index is 5.74. The summed E-state index contributed by atoms with van der Waals surface area (Å²) in [5.74, 6) is 1.46. The van der Waals surface area contributed by atoms with Crippen LogP contribution >= 0.6 is 0 Å². The summed E-state index contributed by atoms with van der Waals surface area (Å²) in [5.41, 5.74) is 5.47. The molecule has 2 atom stereocenters. The monoisotopic (exact) mass is 255 g/mol. The molecule has 5 nitrogen and oxygen atoms in total. The highest BCUT2D eigenvalue weighted by molar-refractivity contribution is 4.99. The molecule has 1 aromatic heterocycles. The lowest BCUT2D eigenvalue weighted by Crippen LogP contribution is -2.22. The van der Waals surface area contributed by atoms with Crippen LogP contribution in [-0.4, -0.2) is 23.3 Å².